The quantitative estimate of drug-likeness (QED) is 0.782. The lowest BCUT2D eigenvalue weighted by molar-refractivity contribution is -0.149. The van der Waals surface area contributed by atoms with E-state index in [1.54, 1.807) is 20.8 Å². The highest BCUT2D eigenvalue weighted by atomic mass is 32.2. The molecule has 0 aromatic heterocycles. The second-order valence-corrected chi connectivity index (χ2v) is 6.98. The zero-order valence-corrected chi connectivity index (χ0v) is 14.0. The average Bonchev–Trinajstić information content (AvgIpc) is 2.86. The van der Waals surface area contributed by atoms with Crippen molar-refractivity contribution in [3.05, 3.63) is 35.9 Å². The topological polar surface area (TPSA) is 82.1 Å². The Morgan fingerprint density at radius 1 is 1.30 bits per heavy atom. The number of hydrogen-bond donors (Lipinski definition) is 0. The predicted octanol–water partition coefficient (Wildman–Crippen LogP) is 1.94. The molecule has 0 aliphatic carbocycles. The van der Waals surface area contributed by atoms with Crippen LogP contribution in [0.4, 0.5) is 4.79 Å². The maximum atomic E-state index is 12.2. The fourth-order valence-corrected chi connectivity index (χ4v) is 2.71. The molecule has 1 saturated heterocycles. The van der Waals surface area contributed by atoms with Crippen LogP contribution in [0.1, 0.15) is 26.3 Å². The van der Waals surface area contributed by atoms with Crippen LogP contribution in [-0.2, 0) is 36.3 Å². The number of carbonyl (C=O) groups is 2. The molecular weight excluding hydrogens is 322 g/mol. The van der Waals surface area contributed by atoms with Crippen LogP contribution < -0.4 is 0 Å². The Kier molecular flexibility index (Phi) is 5.38. The smallest absolute Gasteiger partial charge is 0.424 e. The van der Waals surface area contributed by atoms with E-state index < -0.39 is 35.0 Å². The van der Waals surface area contributed by atoms with Crippen LogP contribution in [0.5, 0.6) is 0 Å². The SMILES string of the molecule is CC(C)(C)OC(=O)N1[C@@H](C(=O)OCc2ccccc2)COS1=O. The Bertz CT molecular complexity index is 598. The van der Waals surface area contributed by atoms with E-state index in [0.717, 1.165) is 9.87 Å². The molecule has 1 unspecified atom stereocenters. The summed E-state index contributed by atoms with van der Waals surface area (Å²) in [6, 6.07) is 8.02. The van der Waals surface area contributed by atoms with Crippen LogP contribution >= 0.6 is 0 Å². The number of hydrogen-bond acceptors (Lipinski definition) is 6. The lowest BCUT2D eigenvalue weighted by Gasteiger charge is -2.24. The van der Waals surface area contributed by atoms with Crippen molar-refractivity contribution in [2.75, 3.05) is 6.61 Å². The van der Waals surface area contributed by atoms with Gasteiger partial charge in [-0.3, -0.25) is 4.18 Å². The summed E-state index contributed by atoms with van der Waals surface area (Å²) in [6.07, 6.45) is -0.880. The first-order valence-electron chi connectivity index (χ1n) is 7.06. The monoisotopic (exact) mass is 341 g/mol. The summed E-state index contributed by atoms with van der Waals surface area (Å²) < 4.78 is 27.8. The zero-order chi connectivity index (χ0) is 17.0. The van der Waals surface area contributed by atoms with E-state index in [1.807, 2.05) is 30.3 Å². The van der Waals surface area contributed by atoms with E-state index in [2.05, 4.69) is 0 Å². The lowest BCUT2D eigenvalue weighted by Crippen LogP contribution is -2.45. The Balaban J connectivity index is 2.00. The molecule has 2 rings (SSSR count). The first kappa shape index (κ1) is 17.4. The molecule has 1 aromatic carbocycles. The van der Waals surface area contributed by atoms with Crippen LogP contribution in [0, 0.1) is 0 Å². The highest BCUT2D eigenvalue weighted by Crippen LogP contribution is 2.21. The number of esters is 1. The van der Waals surface area contributed by atoms with Gasteiger partial charge in [-0.25, -0.2) is 13.8 Å². The molecule has 1 amide bonds. The maximum absolute atomic E-state index is 12.2. The van der Waals surface area contributed by atoms with Gasteiger partial charge in [0.15, 0.2) is 6.04 Å². The standard InChI is InChI=1S/C15H19NO6S/c1-15(2,3)22-14(18)16-12(10-21-23(16)19)13(17)20-9-11-7-5-4-6-8-11/h4-8,12H,9-10H2,1-3H3/t12-,23?/m1/s1. The molecule has 126 valence electrons. The van der Waals surface area contributed by atoms with E-state index >= 15 is 0 Å². The van der Waals surface area contributed by atoms with E-state index in [9.17, 15) is 13.8 Å². The molecule has 0 saturated carbocycles. The van der Waals surface area contributed by atoms with Crippen molar-refractivity contribution in [1.29, 1.82) is 0 Å². The van der Waals surface area contributed by atoms with E-state index in [-0.39, 0.29) is 13.2 Å². The van der Waals surface area contributed by atoms with Gasteiger partial charge in [-0.1, -0.05) is 30.3 Å². The van der Waals surface area contributed by atoms with Crippen molar-refractivity contribution in [1.82, 2.24) is 4.31 Å². The molecule has 0 spiro atoms. The lowest BCUT2D eigenvalue weighted by atomic mass is 10.2. The Hall–Kier alpha value is -1.93. The van der Waals surface area contributed by atoms with Gasteiger partial charge in [-0.2, -0.15) is 4.31 Å². The van der Waals surface area contributed by atoms with Crippen LogP contribution in [-0.4, -0.2) is 38.8 Å². The van der Waals surface area contributed by atoms with E-state index in [0.29, 0.717) is 0 Å². The Labute approximate surface area is 137 Å². The maximum Gasteiger partial charge on any atom is 0.424 e. The van der Waals surface area contributed by atoms with Crippen LogP contribution in [0.15, 0.2) is 30.3 Å². The van der Waals surface area contributed by atoms with Gasteiger partial charge in [0.05, 0.1) is 6.61 Å². The molecule has 2 atom stereocenters. The molecular formula is C15H19NO6S. The zero-order valence-electron chi connectivity index (χ0n) is 13.2. The number of ether oxygens (including phenoxy) is 2. The number of carbonyl (C=O) groups excluding carboxylic acids is 2. The van der Waals surface area contributed by atoms with Gasteiger partial charge in [0.2, 0.25) is 0 Å². The van der Waals surface area contributed by atoms with Crippen LogP contribution in [0.2, 0.25) is 0 Å². The third kappa shape index (κ3) is 4.77. The fraction of sp³-hybridized carbons (Fsp3) is 0.467. The summed E-state index contributed by atoms with van der Waals surface area (Å²) in [5.41, 5.74) is 0.0345. The summed E-state index contributed by atoms with van der Waals surface area (Å²) in [6.45, 7) is 4.89. The molecule has 1 heterocycles. The van der Waals surface area contributed by atoms with Crippen molar-refractivity contribution < 1.29 is 27.5 Å². The van der Waals surface area contributed by atoms with Gasteiger partial charge in [-0.15, -0.1) is 0 Å². The first-order chi connectivity index (χ1) is 10.8. The second-order valence-electron chi connectivity index (χ2n) is 5.92. The molecule has 8 heteroatoms. The summed E-state index contributed by atoms with van der Waals surface area (Å²) in [5, 5.41) is 0. The molecule has 7 nitrogen and oxygen atoms in total. The van der Waals surface area contributed by atoms with Crippen LogP contribution in [0.25, 0.3) is 0 Å². The molecule has 1 aromatic rings. The van der Waals surface area contributed by atoms with Crippen molar-refractivity contribution in [3.63, 3.8) is 0 Å². The number of nitrogens with zero attached hydrogens (tertiary/aromatic N) is 1. The van der Waals surface area contributed by atoms with Crippen molar-refractivity contribution in [2.45, 2.75) is 39.0 Å². The highest BCUT2D eigenvalue weighted by Gasteiger charge is 2.44. The largest absolute Gasteiger partial charge is 0.459 e. The Morgan fingerprint density at radius 2 is 1.96 bits per heavy atom. The van der Waals surface area contributed by atoms with Gasteiger partial charge < -0.3 is 9.47 Å². The minimum Gasteiger partial charge on any atom is -0.459 e. The molecule has 23 heavy (non-hydrogen) atoms. The normalized spacial score (nSPS) is 21.1. The van der Waals surface area contributed by atoms with E-state index in [1.165, 1.54) is 0 Å². The molecule has 1 aliphatic rings. The number of rotatable bonds is 3. The predicted molar refractivity (Wildman–Crippen MR) is 82.2 cm³/mol. The molecule has 1 fully saturated rings. The minimum absolute atomic E-state index is 0.0605. The molecule has 1 aliphatic heterocycles. The van der Waals surface area contributed by atoms with Gasteiger partial charge in [0, 0.05) is 0 Å². The van der Waals surface area contributed by atoms with Crippen molar-refractivity contribution >= 4 is 23.3 Å². The van der Waals surface area contributed by atoms with E-state index in [4.69, 9.17) is 13.7 Å². The summed E-state index contributed by atoms with van der Waals surface area (Å²) in [7, 11) is 0. The molecule has 0 N–H and O–H groups in total. The average molecular weight is 341 g/mol. The molecule has 0 radical (unpaired) electrons. The van der Waals surface area contributed by atoms with Crippen molar-refractivity contribution in [2.24, 2.45) is 0 Å². The minimum atomic E-state index is -2.07. The third-order valence-electron chi connectivity index (χ3n) is 2.84. The second kappa shape index (κ2) is 7.10. The van der Waals surface area contributed by atoms with Crippen molar-refractivity contribution in [3.8, 4) is 0 Å². The highest BCUT2D eigenvalue weighted by molar-refractivity contribution is 7.78. The van der Waals surface area contributed by atoms with Gasteiger partial charge in [0.1, 0.15) is 12.2 Å². The third-order valence-corrected chi connectivity index (χ3v) is 3.90. The first-order valence-corrected chi connectivity index (χ1v) is 8.09. The number of amides is 1. The van der Waals surface area contributed by atoms with Crippen LogP contribution in [0.3, 0.4) is 0 Å². The summed E-state index contributed by atoms with van der Waals surface area (Å²) >= 11 is -2.07. The van der Waals surface area contributed by atoms with Gasteiger partial charge >= 0.3 is 12.1 Å². The van der Waals surface area contributed by atoms with Gasteiger partial charge in [0.25, 0.3) is 11.3 Å². The molecule has 0 bridgehead atoms. The fourth-order valence-electron chi connectivity index (χ4n) is 1.83. The summed E-state index contributed by atoms with van der Waals surface area (Å²) in [5.74, 6) is -0.689. The summed E-state index contributed by atoms with van der Waals surface area (Å²) in [4.78, 5) is 24.2. The van der Waals surface area contributed by atoms with Gasteiger partial charge in [-0.05, 0) is 26.3 Å². The Morgan fingerprint density at radius 3 is 2.57 bits per heavy atom. The number of benzene rings is 1.